The van der Waals surface area contributed by atoms with Gasteiger partial charge < -0.3 is 14.9 Å². The zero-order valence-electron chi connectivity index (χ0n) is 8.41. The van der Waals surface area contributed by atoms with E-state index in [0.29, 0.717) is 10.2 Å². The number of carbonyl (C=O) groups is 2. The molecule has 0 aromatic carbocycles. The van der Waals surface area contributed by atoms with Gasteiger partial charge in [-0.05, 0) is 11.4 Å². The number of aromatic nitrogens is 1. The summed E-state index contributed by atoms with van der Waals surface area (Å²) in [5, 5.41) is 19.7. The number of nitrogens with zero attached hydrogens (tertiary/aromatic N) is 1. The summed E-state index contributed by atoms with van der Waals surface area (Å²) in [6, 6.07) is 1.65. The van der Waals surface area contributed by atoms with Gasteiger partial charge in [0.15, 0.2) is 6.61 Å². The van der Waals surface area contributed by atoms with E-state index in [9.17, 15) is 9.59 Å². The minimum absolute atomic E-state index is 0.0474. The van der Waals surface area contributed by atoms with Crippen LogP contribution in [0.2, 0.25) is 0 Å². The second kappa shape index (κ2) is 4.38. The van der Waals surface area contributed by atoms with Crippen molar-refractivity contribution in [2.24, 2.45) is 0 Å². The Bertz CT molecular complexity index is 591. The average Bonchev–Trinajstić information content (AvgIpc) is 2.73. The van der Waals surface area contributed by atoms with E-state index in [-0.39, 0.29) is 11.3 Å². The van der Waals surface area contributed by atoms with Crippen molar-refractivity contribution in [2.75, 3.05) is 6.61 Å². The van der Waals surface area contributed by atoms with E-state index in [4.69, 9.17) is 14.9 Å². The maximum absolute atomic E-state index is 11.0. The first kappa shape index (κ1) is 11.3. The topological polar surface area (TPSA) is 96.7 Å². The van der Waals surface area contributed by atoms with Crippen LogP contribution in [0, 0.1) is 0 Å². The molecule has 0 amide bonds. The van der Waals surface area contributed by atoms with E-state index in [1.54, 1.807) is 11.4 Å². The molecule has 2 N–H and O–H groups in total. The molecule has 0 saturated carbocycles. The molecule has 0 atom stereocenters. The van der Waals surface area contributed by atoms with Crippen LogP contribution in [0.5, 0.6) is 5.75 Å². The predicted molar refractivity (Wildman–Crippen MR) is 59.7 cm³/mol. The van der Waals surface area contributed by atoms with Crippen LogP contribution < -0.4 is 4.74 Å². The van der Waals surface area contributed by atoms with Gasteiger partial charge in [0.05, 0.1) is 5.39 Å². The largest absolute Gasteiger partial charge is 0.480 e. The Hall–Kier alpha value is -2.15. The van der Waals surface area contributed by atoms with Crippen LogP contribution in [0.25, 0.3) is 10.2 Å². The Balaban J connectivity index is 2.52. The van der Waals surface area contributed by atoms with E-state index >= 15 is 0 Å². The van der Waals surface area contributed by atoms with Gasteiger partial charge in [-0.2, -0.15) is 0 Å². The molecule has 0 aliphatic rings. The van der Waals surface area contributed by atoms with Gasteiger partial charge in [-0.3, -0.25) is 0 Å². The Labute approximate surface area is 99.1 Å². The lowest BCUT2D eigenvalue weighted by Crippen LogP contribution is -2.12. The Morgan fingerprint density at radius 2 is 2.18 bits per heavy atom. The normalized spacial score (nSPS) is 10.4. The zero-order valence-corrected chi connectivity index (χ0v) is 9.23. The highest BCUT2D eigenvalue weighted by Crippen LogP contribution is 2.31. The monoisotopic (exact) mass is 253 g/mol. The molecule has 6 nitrogen and oxygen atoms in total. The molecule has 0 spiro atoms. The Kier molecular flexibility index (Phi) is 2.92. The SMILES string of the molecule is O=C(O)COc1c(C(=O)O)cnc2sccc12. The maximum atomic E-state index is 11.0. The van der Waals surface area contributed by atoms with E-state index in [1.807, 2.05) is 0 Å². The zero-order chi connectivity index (χ0) is 12.4. The number of rotatable bonds is 4. The van der Waals surface area contributed by atoms with Crippen LogP contribution in [-0.2, 0) is 4.79 Å². The third-order valence-corrected chi connectivity index (χ3v) is 2.84. The van der Waals surface area contributed by atoms with Crippen molar-refractivity contribution >= 4 is 33.5 Å². The first-order chi connectivity index (χ1) is 8.09. The number of pyridine rings is 1. The first-order valence-electron chi connectivity index (χ1n) is 4.53. The second-order valence-corrected chi connectivity index (χ2v) is 4.02. The molecule has 0 aliphatic heterocycles. The second-order valence-electron chi connectivity index (χ2n) is 3.13. The summed E-state index contributed by atoms with van der Waals surface area (Å²) in [7, 11) is 0. The van der Waals surface area contributed by atoms with Crippen molar-refractivity contribution in [3.8, 4) is 5.75 Å². The minimum Gasteiger partial charge on any atom is -0.480 e. The molecule has 88 valence electrons. The standard InChI is InChI=1S/C10H7NO5S/c12-7(13)4-16-8-5-1-2-17-9(5)11-3-6(8)10(14)15/h1-3H,4H2,(H,12,13)(H,14,15). The molecule has 7 heteroatoms. The van der Waals surface area contributed by atoms with Crippen molar-refractivity contribution in [1.29, 1.82) is 0 Å². The number of hydrogen-bond donors (Lipinski definition) is 2. The fraction of sp³-hybridized carbons (Fsp3) is 0.100. The summed E-state index contributed by atoms with van der Waals surface area (Å²) < 4.78 is 5.02. The maximum Gasteiger partial charge on any atom is 0.341 e. The van der Waals surface area contributed by atoms with Gasteiger partial charge in [0.1, 0.15) is 16.1 Å². The molecule has 0 saturated heterocycles. The van der Waals surface area contributed by atoms with Crippen LogP contribution in [0.15, 0.2) is 17.6 Å². The minimum atomic E-state index is -1.20. The van der Waals surface area contributed by atoms with E-state index in [0.717, 1.165) is 0 Å². The summed E-state index contributed by atoms with van der Waals surface area (Å²) in [6.07, 6.45) is 1.17. The summed E-state index contributed by atoms with van der Waals surface area (Å²) in [5.74, 6) is -2.32. The number of aliphatic carboxylic acids is 1. The van der Waals surface area contributed by atoms with Crippen molar-refractivity contribution in [2.45, 2.75) is 0 Å². The predicted octanol–water partition coefficient (Wildman–Crippen LogP) is 1.46. The van der Waals surface area contributed by atoms with Crippen molar-refractivity contribution in [1.82, 2.24) is 4.98 Å². The van der Waals surface area contributed by atoms with E-state index < -0.39 is 18.5 Å². The Morgan fingerprint density at radius 1 is 1.41 bits per heavy atom. The summed E-state index contributed by atoms with van der Waals surface area (Å²) in [5.41, 5.74) is -0.142. The van der Waals surface area contributed by atoms with Crippen LogP contribution >= 0.6 is 11.3 Å². The third-order valence-electron chi connectivity index (χ3n) is 2.02. The molecule has 0 bridgehead atoms. The molecule has 0 radical (unpaired) electrons. The van der Waals surface area contributed by atoms with Gasteiger partial charge in [-0.25, -0.2) is 14.6 Å². The molecule has 0 unspecified atom stereocenters. The number of hydrogen-bond acceptors (Lipinski definition) is 5. The van der Waals surface area contributed by atoms with Crippen LogP contribution in [0.3, 0.4) is 0 Å². The van der Waals surface area contributed by atoms with Gasteiger partial charge >= 0.3 is 11.9 Å². The highest BCUT2D eigenvalue weighted by atomic mass is 32.1. The van der Waals surface area contributed by atoms with Gasteiger partial charge in [0.25, 0.3) is 0 Å². The molecule has 0 aliphatic carbocycles. The van der Waals surface area contributed by atoms with Crippen molar-refractivity contribution < 1.29 is 24.5 Å². The molecule has 2 rings (SSSR count). The lowest BCUT2D eigenvalue weighted by Gasteiger charge is -2.07. The first-order valence-corrected chi connectivity index (χ1v) is 5.41. The summed E-state index contributed by atoms with van der Waals surface area (Å²) in [6.45, 7) is -0.588. The number of thiophene rings is 1. The van der Waals surface area contributed by atoms with Crippen LogP contribution in [0.1, 0.15) is 10.4 Å². The van der Waals surface area contributed by atoms with Gasteiger partial charge in [0, 0.05) is 6.20 Å². The average molecular weight is 253 g/mol. The molecule has 0 fully saturated rings. The van der Waals surface area contributed by atoms with Gasteiger partial charge in [-0.1, -0.05) is 0 Å². The lowest BCUT2D eigenvalue weighted by atomic mass is 10.2. The summed E-state index contributed by atoms with van der Waals surface area (Å²) >= 11 is 1.32. The number of aromatic carboxylic acids is 1. The summed E-state index contributed by atoms with van der Waals surface area (Å²) in [4.78, 5) is 26.0. The van der Waals surface area contributed by atoms with Crippen LogP contribution in [-0.4, -0.2) is 33.7 Å². The molecule has 2 heterocycles. The third kappa shape index (κ3) is 2.18. The van der Waals surface area contributed by atoms with Crippen molar-refractivity contribution in [3.63, 3.8) is 0 Å². The number of fused-ring (bicyclic) bond motifs is 1. The quantitative estimate of drug-likeness (QED) is 0.856. The fourth-order valence-corrected chi connectivity index (χ4v) is 2.08. The van der Waals surface area contributed by atoms with Crippen molar-refractivity contribution in [3.05, 3.63) is 23.2 Å². The Morgan fingerprint density at radius 3 is 2.82 bits per heavy atom. The highest BCUT2D eigenvalue weighted by molar-refractivity contribution is 7.16. The van der Waals surface area contributed by atoms with Gasteiger partial charge in [-0.15, -0.1) is 11.3 Å². The smallest absolute Gasteiger partial charge is 0.341 e. The van der Waals surface area contributed by atoms with E-state index in [2.05, 4.69) is 4.98 Å². The lowest BCUT2D eigenvalue weighted by molar-refractivity contribution is -0.139. The van der Waals surface area contributed by atoms with Gasteiger partial charge in [0.2, 0.25) is 0 Å². The number of ether oxygens (including phenoxy) is 1. The molecule has 2 aromatic heterocycles. The highest BCUT2D eigenvalue weighted by Gasteiger charge is 2.17. The van der Waals surface area contributed by atoms with E-state index in [1.165, 1.54) is 17.5 Å². The molecular formula is C10H7NO5S. The number of carboxylic acids is 2. The molecule has 2 aromatic rings. The van der Waals surface area contributed by atoms with Crippen LogP contribution in [0.4, 0.5) is 0 Å². The molecule has 17 heavy (non-hydrogen) atoms. The fourth-order valence-electron chi connectivity index (χ4n) is 1.34. The number of carboxylic acid groups (broad SMARTS) is 2. The molecular weight excluding hydrogens is 246 g/mol.